The first kappa shape index (κ1) is 26.9. The number of aliphatic hydroxyl groups is 1. The summed E-state index contributed by atoms with van der Waals surface area (Å²) >= 11 is 0. The average Bonchev–Trinajstić information content (AvgIpc) is 3.55. The van der Waals surface area contributed by atoms with Crippen LogP contribution in [0.2, 0.25) is 0 Å². The summed E-state index contributed by atoms with van der Waals surface area (Å²) in [7, 11) is 0. The molecule has 1 aliphatic rings. The van der Waals surface area contributed by atoms with Gasteiger partial charge in [0.15, 0.2) is 0 Å². The van der Waals surface area contributed by atoms with E-state index < -0.39 is 17.2 Å². The molecule has 0 saturated carbocycles. The fourth-order valence-corrected chi connectivity index (χ4v) is 5.03. The number of rotatable bonds is 10. The van der Waals surface area contributed by atoms with E-state index in [9.17, 15) is 18.7 Å². The average molecular weight is 539 g/mol. The molecule has 2 aromatic carbocycles. The minimum atomic E-state index is -1.62. The van der Waals surface area contributed by atoms with Gasteiger partial charge in [-0.2, -0.15) is 10.2 Å². The third-order valence-corrected chi connectivity index (χ3v) is 7.16. The van der Waals surface area contributed by atoms with E-state index in [1.165, 1.54) is 28.1 Å². The Kier molecular flexibility index (Phi) is 7.96. The molecule has 1 fully saturated rings. The lowest BCUT2D eigenvalue weighted by Crippen LogP contribution is -2.52. The van der Waals surface area contributed by atoms with E-state index in [1.807, 2.05) is 31.2 Å². The van der Waals surface area contributed by atoms with E-state index in [1.54, 1.807) is 10.9 Å². The lowest BCUT2D eigenvalue weighted by Gasteiger charge is -2.39. The molecule has 1 saturated heterocycles. The predicted octanol–water partition coefficient (Wildman–Crippen LogP) is 1.81. The van der Waals surface area contributed by atoms with Crippen LogP contribution >= 0.6 is 0 Å². The van der Waals surface area contributed by atoms with Crippen LogP contribution in [0.3, 0.4) is 0 Å². The molecule has 1 unspecified atom stereocenters. The van der Waals surface area contributed by atoms with E-state index in [0.29, 0.717) is 19.6 Å². The van der Waals surface area contributed by atoms with Gasteiger partial charge in [0.05, 0.1) is 12.2 Å². The van der Waals surface area contributed by atoms with Crippen LogP contribution < -0.4 is 5.69 Å². The van der Waals surface area contributed by atoms with Gasteiger partial charge in [-0.25, -0.2) is 32.5 Å². The van der Waals surface area contributed by atoms with E-state index in [2.05, 4.69) is 25.0 Å². The third-order valence-electron chi connectivity index (χ3n) is 7.16. The van der Waals surface area contributed by atoms with Gasteiger partial charge in [-0.3, -0.25) is 4.90 Å². The summed E-state index contributed by atoms with van der Waals surface area (Å²) in [6.07, 6.45) is 5.12. The molecule has 206 valence electrons. The fourth-order valence-electron chi connectivity index (χ4n) is 5.03. The Labute approximate surface area is 224 Å². The van der Waals surface area contributed by atoms with Crippen LogP contribution in [-0.4, -0.2) is 83.3 Å². The quantitative estimate of drug-likeness (QED) is 0.329. The second kappa shape index (κ2) is 11.6. The van der Waals surface area contributed by atoms with Crippen molar-refractivity contribution in [3.8, 4) is 5.69 Å². The summed E-state index contributed by atoms with van der Waals surface area (Å²) in [6, 6.07) is 11.0. The van der Waals surface area contributed by atoms with Crippen molar-refractivity contribution in [1.29, 1.82) is 0 Å². The molecule has 0 spiro atoms. The van der Waals surface area contributed by atoms with E-state index in [4.69, 9.17) is 0 Å². The van der Waals surface area contributed by atoms with E-state index in [0.717, 1.165) is 49.4 Å². The summed E-state index contributed by atoms with van der Waals surface area (Å²) in [6.45, 7) is 6.33. The SMILES string of the molecule is Cc1ccc(-n2cnn(CCCN3CCN(CC(O)(Cn4cncn4)c4ccc(F)cc4F)CC3)c2=O)cc1. The summed E-state index contributed by atoms with van der Waals surface area (Å²) in [5, 5.41) is 19.9. The van der Waals surface area contributed by atoms with Crippen molar-refractivity contribution in [2.45, 2.75) is 32.0 Å². The highest BCUT2D eigenvalue weighted by atomic mass is 19.1. The van der Waals surface area contributed by atoms with Gasteiger partial charge in [-0.1, -0.05) is 23.8 Å². The molecule has 10 nitrogen and oxygen atoms in total. The Bertz CT molecular complexity index is 1430. The molecule has 1 aliphatic heterocycles. The number of hydrogen-bond acceptors (Lipinski definition) is 7. The number of halogens is 2. The number of aromatic nitrogens is 6. The van der Waals surface area contributed by atoms with Gasteiger partial charge in [0.2, 0.25) is 0 Å². The molecular weight excluding hydrogens is 506 g/mol. The standard InChI is InChI=1S/C27H32F2N8O2/c1-21-3-6-23(7-4-21)36-20-32-37(26(36)38)10-2-9-33-11-13-34(14-12-33)16-27(39,17-35-19-30-18-31-35)24-8-5-22(28)15-25(24)29/h3-8,15,18-20,39H,2,9-14,16-17H2,1H3. The number of benzene rings is 2. The normalized spacial score (nSPS) is 16.4. The maximum Gasteiger partial charge on any atom is 0.350 e. The van der Waals surface area contributed by atoms with Crippen molar-refractivity contribution >= 4 is 0 Å². The number of aryl methyl sites for hydroxylation is 2. The summed E-state index contributed by atoms with van der Waals surface area (Å²) in [4.78, 5) is 21.0. The van der Waals surface area contributed by atoms with Crippen LogP contribution in [0.25, 0.3) is 5.69 Å². The minimum Gasteiger partial charge on any atom is -0.382 e. The highest BCUT2D eigenvalue weighted by Gasteiger charge is 2.36. The molecule has 0 amide bonds. The van der Waals surface area contributed by atoms with Crippen molar-refractivity contribution in [2.24, 2.45) is 0 Å². The first-order valence-corrected chi connectivity index (χ1v) is 13.0. The number of β-amino-alcohol motifs (C(OH)–C–C–N with tert-alkyl or cyclic N) is 1. The fraction of sp³-hybridized carbons (Fsp3) is 0.407. The summed E-state index contributed by atoms with van der Waals surface area (Å²) in [5.41, 5.74) is 0.158. The Balaban J connectivity index is 1.15. The topological polar surface area (TPSA) is 97.2 Å². The van der Waals surface area contributed by atoms with Crippen LogP contribution in [0.4, 0.5) is 8.78 Å². The summed E-state index contributed by atoms with van der Waals surface area (Å²) in [5.74, 6) is -1.49. The van der Waals surface area contributed by atoms with Gasteiger partial charge in [0.1, 0.15) is 36.2 Å². The lowest BCUT2D eigenvalue weighted by molar-refractivity contribution is -0.0319. The second-order valence-corrected chi connectivity index (χ2v) is 10.1. The molecule has 39 heavy (non-hydrogen) atoms. The lowest BCUT2D eigenvalue weighted by atomic mass is 9.92. The smallest absolute Gasteiger partial charge is 0.350 e. The number of hydrogen-bond donors (Lipinski definition) is 1. The Morgan fingerprint density at radius 1 is 0.923 bits per heavy atom. The van der Waals surface area contributed by atoms with E-state index >= 15 is 0 Å². The van der Waals surface area contributed by atoms with Gasteiger partial charge in [-0.15, -0.1) is 0 Å². The Hall–Kier alpha value is -3.74. The van der Waals surface area contributed by atoms with Crippen LogP contribution in [-0.2, 0) is 18.7 Å². The van der Waals surface area contributed by atoms with Gasteiger partial charge >= 0.3 is 5.69 Å². The molecule has 12 heteroatoms. The van der Waals surface area contributed by atoms with Gasteiger partial charge < -0.3 is 10.0 Å². The van der Waals surface area contributed by atoms with Crippen molar-refractivity contribution in [3.05, 3.63) is 94.7 Å². The van der Waals surface area contributed by atoms with Gasteiger partial charge in [0.25, 0.3) is 0 Å². The molecule has 0 bridgehead atoms. The van der Waals surface area contributed by atoms with Crippen molar-refractivity contribution in [2.75, 3.05) is 39.3 Å². The second-order valence-electron chi connectivity index (χ2n) is 10.1. The zero-order valence-electron chi connectivity index (χ0n) is 21.8. The monoisotopic (exact) mass is 538 g/mol. The Morgan fingerprint density at radius 3 is 2.36 bits per heavy atom. The molecule has 0 radical (unpaired) electrons. The maximum atomic E-state index is 14.7. The molecule has 4 aromatic rings. The predicted molar refractivity (Wildman–Crippen MR) is 140 cm³/mol. The van der Waals surface area contributed by atoms with Crippen LogP contribution in [0.1, 0.15) is 17.5 Å². The van der Waals surface area contributed by atoms with Crippen LogP contribution in [0.5, 0.6) is 0 Å². The van der Waals surface area contributed by atoms with Crippen LogP contribution in [0, 0.1) is 18.6 Å². The molecule has 1 atom stereocenters. The molecule has 2 aromatic heterocycles. The zero-order chi connectivity index (χ0) is 27.4. The minimum absolute atomic E-state index is 0.0141. The number of piperazine rings is 1. The first-order chi connectivity index (χ1) is 18.8. The Morgan fingerprint density at radius 2 is 1.67 bits per heavy atom. The largest absolute Gasteiger partial charge is 0.382 e. The van der Waals surface area contributed by atoms with Gasteiger partial charge in [0, 0.05) is 57.4 Å². The van der Waals surface area contributed by atoms with E-state index in [-0.39, 0.29) is 24.3 Å². The molecule has 0 aliphatic carbocycles. The van der Waals surface area contributed by atoms with Crippen molar-refractivity contribution < 1.29 is 13.9 Å². The molecule has 1 N–H and O–H groups in total. The van der Waals surface area contributed by atoms with Crippen molar-refractivity contribution in [3.63, 3.8) is 0 Å². The molecular formula is C27H32F2N8O2. The molecule has 3 heterocycles. The zero-order valence-corrected chi connectivity index (χ0v) is 21.8. The van der Waals surface area contributed by atoms with Crippen molar-refractivity contribution in [1.82, 2.24) is 38.9 Å². The third kappa shape index (κ3) is 6.29. The highest BCUT2D eigenvalue weighted by Crippen LogP contribution is 2.28. The van der Waals surface area contributed by atoms with Gasteiger partial charge in [-0.05, 0) is 31.5 Å². The molecule has 5 rings (SSSR count). The number of nitrogens with zero attached hydrogens (tertiary/aromatic N) is 8. The summed E-state index contributed by atoms with van der Waals surface area (Å²) < 4.78 is 32.7. The maximum absolute atomic E-state index is 14.7. The van der Waals surface area contributed by atoms with Crippen LogP contribution in [0.15, 0.2) is 66.2 Å². The first-order valence-electron chi connectivity index (χ1n) is 13.0. The highest BCUT2D eigenvalue weighted by molar-refractivity contribution is 5.33.